The van der Waals surface area contributed by atoms with Gasteiger partial charge in [0.1, 0.15) is 0 Å². The molecule has 0 bridgehead atoms. The summed E-state index contributed by atoms with van der Waals surface area (Å²) in [5.74, 6) is 0. The number of ether oxygens (including phenoxy) is 1. The van der Waals surface area contributed by atoms with Crippen LogP contribution in [0.5, 0.6) is 0 Å². The fourth-order valence-electron chi connectivity index (χ4n) is 2.14. The number of aryl methyl sites for hydroxylation is 2. The monoisotopic (exact) mass is 248 g/mol. The zero-order chi connectivity index (χ0) is 13.0. The Bertz CT molecular complexity index is 426. The van der Waals surface area contributed by atoms with Gasteiger partial charge >= 0.3 is 6.03 Å². The Balaban J connectivity index is 2.00. The Hall–Kier alpha value is -1.55. The molecule has 1 aromatic carbocycles. The normalized spacial score (nSPS) is 15.6. The van der Waals surface area contributed by atoms with Gasteiger partial charge in [0, 0.05) is 18.8 Å². The van der Waals surface area contributed by atoms with Crippen LogP contribution in [0, 0.1) is 6.92 Å². The fourth-order valence-corrected chi connectivity index (χ4v) is 2.14. The number of anilines is 1. The van der Waals surface area contributed by atoms with Crippen molar-refractivity contribution in [3.05, 3.63) is 29.3 Å². The first-order chi connectivity index (χ1) is 8.70. The Morgan fingerprint density at radius 1 is 1.39 bits per heavy atom. The summed E-state index contributed by atoms with van der Waals surface area (Å²) in [6.45, 7) is 6.79. The zero-order valence-electron chi connectivity index (χ0n) is 11.0. The highest BCUT2D eigenvalue weighted by Gasteiger charge is 2.16. The van der Waals surface area contributed by atoms with Crippen molar-refractivity contribution in [2.45, 2.75) is 20.3 Å². The van der Waals surface area contributed by atoms with E-state index in [2.05, 4.69) is 25.2 Å². The van der Waals surface area contributed by atoms with Gasteiger partial charge < -0.3 is 15.0 Å². The van der Waals surface area contributed by atoms with Gasteiger partial charge in [-0.05, 0) is 36.6 Å². The summed E-state index contributed by atoms with van der Waals surface area (Å²) < 4.78 is 5.23. The van der Waals surface area contributed by atoms with E-state index in [1.54, 1.807) is 4.90 Å². The Morgan fingerprint density at radius 3 is 2.72 bits per heavy atom. The molecule has 4 nitrogen and oxygen atoms in total. The standard InChI is InChI=1S/C14H20N2O2/c1-3-12-4-5-13(10-11(12)2)15-14(17)16-6-8-18-9-7-16/h4-5,10H,3,6-9H2,1-2H3,(H,15,17). The van der Waals surface area contributed by atoms with Crippen LogP contribution in [-0.2, 0) is 11.2 Å². The summed E-state index contributed by atoms with van der Waals surface area (Å²) in [7, 11) is 0. The van der Waals surface area contributed by atoms with E-state index in [0.29, 0.717) is 26.3 Å². The summed E-state index contributed by atoms with van der Waals surface area (Å²) in [5, 5.41) is 2.94. The predicted octanol–water partition coefficient (Wildman–Crippen LogP) is 2.42. The summed E-state index contributed by atoms with van der Waals surface area (Å²) in [5.41, 5.74) is 3.40. The second kappa shape index (κ2) is 5.87. The molecule has 0 aromatic heterocycles. The Labute approximate surface area is 108 Å². The van der Waals surface area contributed by atoms with Crippen molar-refractivity contribution in [3.63, 3.8) is 0 Å². The van der Waals surface area contributed by atoms with Crippen molar-refractivity contribution < 1.29 is 9.53 Å². The second-order valence-corrected chi connectivity index (χ2v) is 4.52. The topological polar surface area (TPSA) is 41.6 Å². The van der Waals surface area contributed by atoms with Gasteiger partial charge in [-0.25, -0.2) is 4.79 Å². The molecule has 1 aromatic rings. The van der Waals surface area contributed by atoms with Gasteiger partial charge in [-0.2, -0.15) is 0 Å². The number of urea groups is 1. The minimum absolute atomic E-state index is 0.0399. The highest BCUT2D eigenvalue weighted by Crippen LogP contribution is 2.16. The lowest BCUT2D eigenvalue weighted by Gasteiger charge is -2.27. The molecule has 1 aliphatic rings. The molecule has 1 fully saturated rings. The SMILES string of the molecule is CCc1ccc(NC(=O)N2CCOCC2)cc1C. The zero-order valence-corrected chi connectivity index (χ0v) is 11.0. The lowest BCUT2D eigenvalue weighted by Crippen LogP contribution is -2.43. The number of nitrogens with one attached hydrogen (secondary N) is 1. The molecular weight excluding hydrogens is 228 g/mol. The molecular formula is C14H20N2O2. The summed E-state index contributed by atoms with van der Waals surface area (Å²) in [6, 6.07) is 6.02. The van der Waals surface area contributed by atoms with Gasteiger partial charge in [0.15, 0.2) is 0 Å². The maximum Gasteiger partial charge on any atom is 0.321 e. The molecule has 0 atom stereocenters. The Kier molecular flexibility index (Phi) is 4.20. The number of carbonyl (C=O) groups is 1. The third-order valence-electron chi connectivity index (χ3n) is 3.27. The van der Waals surface area contributed by atoms with Gasteiger partial charge in [0.25, 0.3) is 0 Å². The average molecular weight is 248 g/mol. The van der Waals surface area contributed by atoms with Crippen LogP contribution in [0.15, 0.2) is 18.2 Å². The largest absolute Gasteiger partial charge is 0.378 e. The molecule has 18 heavy (non-hydrogen) atoms. The lowest BCUT2D eigenvalue weighted by atomic mass is 10.1. The Morgan fingerprint density at radius 2 is 2.11 bits per heavy atom. The van der Waals surface area contributed by atoms with Crippen molar-refractivity contribution >= 4 is 11.7 Å². The van der Waals surface area contributed by atoms with Crippen LogP contribution >= 0.6 is 0 Å². The van der Waals surface area contributed by atoms with Crippen LogP contribution in [-0.4, -0.2) is 37.2 Å². The van der Waals surface area contributed by atoms with Crippen LogP contribution in [0.1, 0.15) is 18.1 Å². The van der Waals surface area contributed by atoms with Gasteiger partial charge in [-0.3, -0.25) is 0 Å². The van der Waals surface area contributed by atoms with E-state index in [9.17, 15) is 4.79 Å². The molecule has 0 aliphatic carbocycles. The lowest BCUT2D eigenvalue weighted by molar-refractivity contribution is 0.0564. The summed E-state index contributed by atoms with van der Waals surface area (Å²) in [6.07, 6.45) is 1.02. The minimum atomic E-state index is -0.0399. The van der Waals surface area contributed by atoms with Crippen molar-refractivity contribution in [2.75, 3.05) is 31.6 Å². The maximum absolute atomic E-state index is 12.0. The van der Waals surface area contributed by atoms with Crippen molar-refractivity contribution in [2.24, 2.45) is 0 Å². The molecule has 0 saturated carbocycles. The third-order valence-corrected chi connectivity index (χ3v) is 3.27. The third kappa shape index (κ3) is 3.01. The van der Waals surface area contributed by atoms with Crippen molar-refractivity contribution in [1.82, 2.24) is 4.90 Å². The number of amides is 2. The molecule has 2 amide bonds. The first-order valence-corrected chi connectivity index (χ1v) is 6.44. The highest BCUT2D eigenvalue weighted by molar-refractivity contribution is 5.89. The number of carbonyl (C=O) groups excluding carboxylic acids is 1. The number of nitrogens with zero attached hydrogens (tertiary/aromatic N) is 1. The highest BCUT2D eigenvalue weighted by atomic mass is 16.5. The molecule has 98 valence electrons. The van der Waals surface area contributed by atoms with Crippen LogP contribution in [0.25, 0.3) is 0 Å². The van der Waals surface area contributed by atoms with Gasteiger partial charge in [-0.1, -0.05) is 13.0 Å². The first-order valence-electron chi connectivity index (χ1n) is 6.44. The van der Waals surface area contributed by atoms with E-state index in [1.807, 2.05) is 12.1 Å². The van der Waals surface area contributed by atoms with Crippen LogP contribution in [0.4, 0.5) is 10.5 Å². The molecule has 1 aliphatic heterocycles. The van der Waals surface area contributed by atoms with Crippen LogP contribution in [0.3, 0.4) is 0 Å². The molecule has 1 heterocycles. The summed E-state index contributed by atoms with van der Waals surface area (Å²) >= 11 is 0. The number of rotatable bonds is 2. The van der Waals surface area contributed by atoms with E-state index >= 15 is 0 Å². The average Bonchev–Trinajstić information content (AvgIpc) is 2.40. The van der Waals surface area contributed by atoms with Gasteiger partial charge in [-0.15, -0.1) is 0 Å². The molecule has 0 radical (unpaired) electrons. The maximum atomic E-state index is 12.0. The minimum Gasteiger partial charge on any atom is -0.378 e. The molecule has 1 saturated heterocycles. The quantitative estimate of drug-likeness (QED) is 0.873. The van der Waals surface area contributed by atoms with Crippen molar-refractivity contribution in [3.8, 4) is 0 Å². The fraction of sp³-hybridized carbons (Fsp3) is 0.500. The van der Waals surface area contributed by atoms with E-state index < -0.39 is 0 Å². The number of morpholine rings is 1. The van der Waals surface area contributed by atoms with Crippen LogP contribution < -0.4 is 5.32 Å². The van der Waals surface area contributed by atoms with Crippen molar-refractivity contribution in [1.29, 1.82) is 0 Å². The molecule has 4 heteroatoms. The predicted molar refractivity (Wildman–Crippen MR) is 72.0 cm³/mol. The van der Waals surface area contributed by atoms with E-state index in [-0.39, 0.29) is 6.03 Å². The van der Waals surface area contributed by atoms with E-state index in [4.69, 9.17) is 4.74 Å². The summed E-state index contributed by atoms with van der Waals surface area (Å²) in [4.78, 5) is 13.8. The van der Waals surface area contributed by atoms with Crippen LogP contribution in [0.2, 0.25) is 0 Å². The second-order valence-electron chi connectivity index (χ2n) is 4.52. The number of hydrogen-bond donors (Lipinski definition) is 1. The first kappa shape index (κ1) is 12.9. The van der Waals surface area contributed by atoms with Gasteiger partial charge in [0.2, 0.25) is 0 Å². The molecule has 1 N–H and O–H groups in total. The number of benzene rings is 1. The van der Waals surface area contributed by atoms with E-state index in [0.717, 1.165) is 12.1 Å². The smallest absolute Gasteiger partial charge is 0.321 e. The molecule has 2 rings (SSSR count). The number of hydrogen-bond acceptors (Lipinski definition) is 2. The molecule has 0 spiro atoms. The van der Waals surface area contributed by atoms with Gasteiger partial charge in [0.05, 0.1) is 13.2 Å². The van der Waals surface area contributed by atoms with E-state index in [1.165, 1.54) is 11.1 Å². The molecule has 0 unspecified atom stereocenters.